The molecule has 1 aromatic rings. The lowest BCUT2D eigenvalue weighted by Crippen LogP contribution is -2.53. The van der Waals surface area contributed by atoms with Gasteiger partial charge in [-0.3, -0.25) is 9.69 Å². The third-order valence-corrected chi connectivity index (χ3v) is 3.87. The van der Waals surface area contributed by atoms with Crippen molar-refractivity contribution in [3.8, 4) is 0 Å². The molecule has 1 aromatic carbocycles. The Balaban J connectivity index is 2.12. The first-order valence-electron chi connectivity index (χ1n) is 5.21. The number of fused-ring (bicyclic) bond motifs is 3. The second-order valence-corrected chi connectivity index (χ2v) is 4.88. The highest BCUT2D eigenvalue weighted by atomic mass is 79.9. The van der Waals surface area contributed by atoms with Crippen molar-refractivity contribution in [2.45, 2.75) is 13.2 Å². The van der Waals surface area contributed by atoms with Gasteiger partial charge < -0.3 is 10.6 Å². The summed E-state index contributed by atoms with van der Waals surface area (Å²) in [5.74, 6) is -2.22. The quantitative estimate of drug-likeness (QED) is 0.771. The molecule has 94 valence electrons. The highest BCUT2D eigenvalue weighted by molar-refractivity contribution is 9.12. The first kappa shape index (κ1) is 11.5. The highest BCUT2D eigenvalue weighted by Gasteiger charge is 2.39. The van der Waals surface area contributed by atoms with Crippen LogP contribution in [0.15, 0.2) is 22.3 Å². The maximum absolute atomic E-state index is 13.2. The normalized spacial score (nSPS) is 21.4. The average Bonchev–Trinajstić information content (AvgIpc) is 2.64. The third-order valence-electron chi connectivity index (χ3n) is 2.94. The number of carbonyl (C=O) groups is 1. The molecular weight excluding hydrogens is 308 g/mol. The zero-order chi connectivity index (χ0) is 13.0. The summed E-state index contributed by atoms with van der Waals surface area (Å²) in [6, 6.07) is 2.05. The van der Waals surface area contributed by atoms with Crippen LogP contribution in [0.3, 0.4) is 0 Å². The molecule has 2 aliphatic heterocycles. The lowest BCUT2D eigenvalue weighted by molar-refractivity contribution is -0.115. The van der Waals surface area contributed by atoms with E-state index in [1.54, 1.807) is 6.92 Å². The van der Waals surface area contributed by atoms with Crippen molar-refractivity contribution in [1.29, 1.82) is 0 Å². The predicted molar refractivity (Wildman–Crippen MR) is 66.0 cm³/mol. The number of hydrogen-bond donors (Lipinski definition) is 2. The Labute approximate surface area is 110 Å². The Hall–Kier alpha value is -1.63. The number of anilines is 2. The van der Waals surface area contributed by atoms with Crippen LogP contribution in [-0.4, -0.2) is 12.2 Å². The van der Waals surface area contributed by atoms with E-state index in [9.17, 15) is 13.6 Å². The summed E-state index contributed by atoms with van der Waals surface area (Å²) in [4.78, 5) is 13.4. The van der Waals surface area contributed by atoms with Gasteiger partial charge in [0.25, 0.3) is 5.91 Å². The average molecular weight is 316 g/mol. The van der Waals surface area contributed by atoms with Gasteiger partial charge in [0, 0.05) is 17.8 Å². The number of amides is 1. The number of allylic oxidation sites excluding steroid dienone is 1. The lowest BCUT2D eigenvalue weighted by atomic mass is 10.2. The molecule has 7 heteroatoms. The highest BCUT2D eigenvalue weighted by Crippen LogP contribution is 2.39. The van der Waals surface area contributed by atoms with Crippen molar-refractivity contribution < 1.29 is 13.6 Å². The molecule has 1 atom stereocenters. The molecule has 2 aliphatic rings. The molecule has 0 radical (unpaired) electrons. The number of benzene rings is 1. The molecule has 1 amide bonds. The largest absolute Gasteiger partial charge is 0.350 e. The molecule has 2 N–H and O–H groups in total. The van der Waals surface area contributed by atoms with E-state index in [0.717, 1.165) is 12.1 Å². The van der Waals surface area contributed by atoms with Crippen LogP contribution in [0.25, 0.3) is 0 Å². The van der Waals surface area contributed by atoms with E-state index < -0.39 is 17.9 Å². The van der Waals surface area contributed by atoms with Crippen LogP contribution in [-0.2, 0) is 4.79 Å². The summed E-state index contributed by atoms with van der Waals surface area (Å²) in [6.45, 7) is 1.74. The summed E-state index contributed by atoms with van der Waals surface area (Å²) >= 11 is 3.17. The number of hydrogen-bond acceptors (Lipinski definition) is 3. The summed E-state index contributed by atoms with van der Waals surface area (Å²) < 4.78 is 26.8. The molecule has 0 saturated carbocycles. The Kier molecular flexibility index (Phi) is 2.34. The molecule has 0 fully saturated rings. The van der Waals surface area contributed by atoms with E-state index in [4.69, 9.17) is 0 Å². The Morgan fingerprint density at radius 1 is 1.28 bits per heavy atom. The van der Waals surface area contributed by atoms with Crippen molar-refractivity contribution in [2.75, 3.05) is 10.2 Å². The molecule has 1 unspecified atom stereocenters. The van der Waals surface area contributed by atoms with E-state index in [-0.39, 0.29) is 5.91 Å². The van der Waals surface area contributed by atoms with Crippen molar-refractivity contribution in [1.82, 2.24) is 5.32 Å². The molecule has 0 aliphatic carbocycles. The molecule has 0 saturated heterocycles. The summed E-state index contributed by atoms with van der Waals surface area (Å²) in [7, 11) is 0. The van der Waals surface area contributed by atoms with Crippen LogP contribution in [0.4, 0.5) is 20.2 Å². The summed E-state index contributed by atoms with van der Waals surface area (Å²) in [5, 5.41) is 5.94. The minimum atomic E-state index is -0.980. The molecule has 0 spiro atoms. The first-order valence-corrected chi connectivity index (χ1v) is 6.00. The fourth-order valence-electron chi connectivity index (χ4n) is 2.06. The lowest BCUT2D eigenvalue weighted by Gasteiger charge is -2.31. The van der Waals surface area contributed by atoms with Crippen molar-refractivity contribution in [2.24, 2.45) is 0 Å². The Morgan fingerprint density at radius 3 is 2.67 bits per heavy atom. The van der Waals surface area contributed by atoms with Crippen LogP contribution < -0.4 is 15.5 Å². The van der Waals surface area contributed by atoms with Gasteiger partial charge in [-0.05, 0) is 22.9 Å². The number of carbonyl (C=O) groups excluding carboxylic acids is 1. The number of rotatable bonds is 0. The van der Waals surface area contributed by atoms with Gasteiger partial charge in [-0.2, -0.15) is 0 Å². The van der Waals surface area contributed by atoms with Gasteiger partial charge >= 0.3 is 0 Å². The van der Waals surface area contributed by atoms with Gasteiger partial charge in [0.05, 0.1) is 11.4 Å². The third kappa shape index (κ3) is 1.43. The van der Waals surface area contributed by atoms with Crippen LogP contribution in [0.5, 0.6) is 0 Å². The van der Waals surface area contributed by atoms with Crippen molar-refractivity contribution >= 4 is 33.2 Å². The van der Waals surface area contributed by atoms with Crippen LogP contribution in [0, 0.1) is 11.6 Å². The molecule has 2 heterocycles. The van der Waals surface area contributed by atoms with E-state index in [1.807, 2.05) is 0 Å². The van der Waals surface area contributed by atoms with Gasteiger partial charge in [-0.15, -0.1) is 0 Å². The smallest absolute Gasteiger partial charge is 0.270 e. The van der Waals surface area contributed by atoms with Gasteiger partial charge in [0.1, 0.15) is 4.48 Å². The predicted octanol–water partition coefficient (Wildman–Crippen LogP) is 2.24. The van der Waals surface area contributed by atoms with E-state index in [1.165, 1.54) is 4.90 Å². The molecule has 4 nitrogen and oxygen atoms in total. The molecule has 0 aromatic heterocycles. The zero-order valence-corrected chi connectivity index (χ0v) is 10.8. The van der Waals surface area contributed by atoms with Gasteiger partial charge in [0.2, 0.25) is 0 Å². The maximum atomic E-state index is 13.2. The van der Waals surface area contributed by atoms with Gasteiger partial charge in [-0.25, -0.2) is 8.78 Å². The molecule has 18 heavy (non-hydrogen) atoms. The topological polar surface area (TPSA) is 44.4 Å². The number of nitrogens with one attached hydrogen (secondary N) is 2. The first-order chi connectivity index (χ1) is 8.49. The standard InChI is InChI=1S/C11H8BrF2N3O/c1-4-9(12)10(18)17-8-3-6(14)5(13)2-7(8)16-11(17)15-4/h2-3,11,15-16H,1H3. The van der Waals surface area contributed by atoms with Crippen molar-refractivity contribution in [3.63, 3.8) is 0 Å². The Morgan fingerprint density at radius 2 is 1.94 bits per heavy atom. The van der Waals surface area contributed by atoms with Crippen LogP contribution >= 0.6 is 15.9 Å². The van der Waals surface area contributed by atoms with Gasteiger partial charge in [-0.1, -0.05) is 0 Å². The summed E-state index contributed by atoms with van der Waals surface area (Å²) in [6.07, 6.45) is -0.519. The molecule has 3 rings (SSSR count). The maximum Gasteiger partial charge on any atom is 0.270 e. The van der Waals surface area contributed by atoms with Crippen molar-refractivity contribution in [3.05, 3.63) is 33.9 Å². The second kappa shape index (κ2) is 3.68. The number of nitrogens with zero attached hydrogens (tertiary/aromatic N) is 1. The molecular formula is C11H8BrF2N3O. The fraction of sp³-hybridized carbons (Fsp3) is 0.182. The monoisotopic (exact) mass is 315 g/mol. The Bertz CT molecular complexity index is 602. The fourth-order valence-corrected chi connectivity index (χ4v) is 2.37. The van der Waals surface area contributed by atoms with E-state index in [0.29, 0.717) is 21.6 Å². The summed E-state index contributed by atoms with van der Waals surface area (Å²) in [5.41, 5.74) is 1.37. The van der Waals surface area contributed by atoms with E-state index >= 15 is 0 Å². The van der Waals surface area contributed by atoms with Crippen LogP contribution in [0.1, 0.15) is 6.92 Å². The number of halogens is 3. The van der Waals surface area contributed by atoms with Crippen LogP contribution in [0.2, 0.25) is 0 Å². The minimum absolute atomic E-state index is 0.298. The molecule has 0 bridgehead atoms. The van der Waals surface area contributed by atoms with E-state index in [2.05, 4.69) is 26.6 Å². The minimum Gasteiger partial charge on any atom is -0.350 e. The second-order valence-electron chi connectivity index (χ2n) is 4.09. The SMILES string of the molecule is CC1=C(Br)C(=O)N2c3cc(F)c(F)cc3NC2N1. The zero-order valence-electron chi connectivity index (χ0n) is 9.22. The van der Waals surface area contributed by atoms with Gasteiger partial charge in [0.15, 0.2) is 17.9 Å².